The Kier molecular flexibility index (Phi) is 5.82. The first-order valence-electron chi connectivity index (χ1n) is 17.9. The lowest BCUT2D eigenvalue weighted by molar-refractivity contribution is 0.666. The highest BCUT2D eigenvalue weighted by atomic mass is 15.3. The van der Waals surface area contributed by atoms with Gasteiger partial charge in [0, 0.05) is 44.9 Å². The summed E-state index contributed by atoms with van der Waals surface area (Å²) in [5, 5.41) is 1.36. The van der Waals surface area contributed by atoms with Crippen molar-refractivity contribution in [1.82, 2.24) is 4.57 Å². The maximum absolute atomic E-state index is 2.54. The van der Waals surface area contributed by atoms with Crippen LogP contribution in [0.4, 0.5) is 34.3 Å². The average molecular weight is 652 g/mol. The molecule has 3 nitrogen and oxygen atoms in total. The molecule has 1 aromatic heterocycles. The maximum atomic E-state index is 2.54. The molecule has 0 spiro atoms. The van der Waals surface area contributed by atoms with Crippen molar-refractivity contribution in [2.24, 2.45) is 0 Å². The zero-order chi connectivity index (χ0) is 33.8. The van der Waals surface area contributed by atoms with Gasteiger partial charge in [0.1, 0.15) is 5.82 Å². The van der Waals surface area contributed by atoms with E-state index in [-0.39, 0.29) is 12.1 Å². The first-order chi connectivity index (χ1) is 25.1. The smallest absolute Gasteiger partial charge is 0.255 e. The van der Waals surface area contributed by atoms with Gasteiger partial charge < -0.3 is 4.90 Å². The summed E-state index contributed by atoms with van der Waals surface area (Å²) in [6.07, 6.45) is 0. The second kappa shape index (κ2) is 10.4. The van der Waals surface area contributed by atoms with E-state index < -0.39 is 0 Å². The van der Waals surface area contributed by atoms with Crippen LogP contribution in [0.15, 0.2) is 170 Å². The summed E-state index contributed by atoms with van der Waals surface area (Å²) in [6, 6.07) is 62.5. The molecule has 51 heavy (non-hydrogen) atoms. The normalized spacial score (nSPS) is 14.5. The van der Waals surface area contributed by atoms with E-state index in [4.69, 9.17) is 0 Å². The standard InChI is InChI=1S/C47H34BN3/c1-47(2)36-24-13-12-23-34(36)35-29-30-39-42(43(35)47)45-46(50(39)32-19-8-4-9-20-32)51(33-21-10-5-11-22-33)41-28-16-27-40-44(41)48(45)37-25-14-15-26-38(37)49(40)31-17-6-3-7-18-31/h3-30H,1-2H3. The van der Waals surface area contributed by atoms with E-state index in [0.29, 0.717) is 0 Å². The molecule has 0 bridgehead atoms. The summed E-state index contributed by atoms with van der Waals surface area (Å²) in [5.41, 5.74) is 17.7. The largest absolute Gasteiger partial charge is 0.311 e. The summed E-state index contributed by atoms with van der Waals surface area (Å²) in [5.74, 6) is 1.21. The molecule has 0 saturated carbocycles. The Hall–Kier alpha value is -6.26. The van der Waals surface area contributed by atoms with Gasteiger partial charge in [0.25, 0.3) is 6.71 Å². The monoisotopic (exact) mass is 651 g/mol. The molecule has 240 valence electrons. The molecule has 2 aliphatic heterocycles. The van der Waals surface area contributed by atoms with Crippen LogP contribution in [0.2, 0.25) is 0 Å². The topological polar surface area (TPSA) is 11.4 Å². The molecule has 0 atom stereocenters. The number of benzene rings is 7. The van der Waals surface area contributed by atoms with Gasteiger partial charge in [-0.3, -0.25) is 9.47 Å². The minimum atomic E-state index is -0.191. The molecule has 0 radical (unpaired) electrons. The maximum Gasteiger partial charge on any atom is 0.255 e. The summed E-state index contributed by atoms with van der Waals surface area (Å²) < 4.78 is 2.54. The van der Waals surface area contributed by atoms with Gasteiger partial charge in [-0.05, 0) is 99.3 Å². The number of aromatic nitrogens is 1. The van der Waals surface area contributed by atoms with Gasteiger partial charge in [-0.2, -0.15) is 0 Å². The molecule has 1 aliphatic carbocycles. The van der Waals surface area contributed by atoms with Crippen LogP contribution in [0.3, 0.4) is 0 Å². The molecule has 8 aromatic rings. The van der Waals surface area contributed by atoms with Crippen molar-refractivity contribution in [3.05, 3.63) is 181 Å². The molecule has 11 rings (SSSR count). The summed E-state index contributed by atoms with van der Waals surface area (Å²) in [7, 11) is 0. The molecule has 3 heterocycles. The zero-order valence-corrected chi connectivity index (χ0v) is 28.6. The first-order valence-corrected chi connectivity index (χ1v) is 17.9. The molecule has 0 N–H and O–H groups in total. The second-order valence-corrected chi connectivity index (χ2v) is 14.5. The number of nitrogens with zero attached hydrogens (tertiary/aromatic N) is 3. The molecule has 0 fully saturated rings. The Morgan fingerprint density at radius 1 is 0.451 bits per heavy atom. The van der Waals surface area contributed by atoms with E-state index in [1.54, 1.807) is 0 Å². The van der Waals surface area contributed by atoms with Crippen LogP contribution in [0.5, 0.6) is 0 Å². The lowest BCUT2D eigenvalue weighted by Crippen LogP contribution is -2.61. The van der Waals surface area contributed by atoms with Crippen molar-refractivity contribution in [3.63, 3.8) is 0 Å². The third-order valence-corrected chi connectivity index (χ3v) is 11.5. The van der Waals surface area contributed by atoms with Crippen LogP contribution in [0.25, 0.3) is 27.7 Å². The lowest BCUT2D eigenvalue weighted by atomic mass is 9.33. The molecule has 0 unspecified atom stereocenters. The van der Waals surface area contributed by atoms with Crippen LogP contribution in [-0.2, 0) is 5.41 Å². The third kappa shape index (κ3) is 3.74. The summed E-state index contributed by atoms with van der Waals surface area (Å²) >= 11 is 0. The predicted octanol–water partition coefficient (Wildman–Crippen LogP) is 10.0. The number of anilines is 6. The highest BCUT2D eigenvalue weighted by Gasteiger charge is 2.48. The lowest BCUT2D eigenvalue weighted by Gasteiger charge is -2.43. The predicted molar refractivity (Wildman–Crippen MR) is 215 cm³/mol. The average Bonchev–Trinajstić information content (AvgIpc) is 3.64. The van der Waals surface area contributed by atoms with E-state index in [9.17, 15) is 0 Å². The number of rotatable bonds is 3. The SMILES string of the molecule is CC1(C)c2ccccc2-c2ccc3c(c4c(n3-c3ccccc3)N(c3ccccc3)c3cccc5c3B4c3ccccc3N5c3ccccc3)c21. The Morgan fingerprint density at radius 3 is 1.75 bits per heavy atom. The summed E-state index contributed by atoms with van der Waals surface area (Å²) in [4.78, 5) is 5.01. The van der Waals surface area contributed by atoms with E-state index in [2.05, 4.69) is 198 Å². The highest BCUT2D eigenvalue weighted by Crippen LogP contribution is 2.54. The molecule has 0 saturated heterocycles. The Labute approximate surface area is 298 Å². The van der Waals surface area contributed by atoms with Gasteiger partial charge in [-0.25, -0.2) is 0 Å². The first kappa shape index (κ1) is 28.6. The fourth-order valence-electron chi connectivity index (χ4n) is 9.56. The van der Waals surface area contributed by atoms with E-state index in [0.717, 1.165) is 17.1 Å². The van der Waals surface area contributed by atoms with Crippen molar-refractivity contribution in [2.45, 2.75) is 19.3 Å². The van der Waals surface area contributed by atoms with Crippen LogP contribution < -0.4 is 26.2 Å². The van der Waals surface area contributed by atoms with Gasteiger partial charge in [-0.1, -0.05) is 123 Å². The van der Waals surface area contributed by atoms with Crippen molar-refractivity contribution >= 4 is 68.3 Å². The van der Waals surface area contributed by atoms with E-state index in [1.807, 2.05) is 0 Å². The highest BCUT2D eigenvalue weighted by molar-refractivity contribution is 7.01. The van der Waals surface area contributed by atoms with Gasteiger partial charge in [0.15, 0.2) is 0 Å². The number of fused-ring (bicyclic) bond motifs is 10. The Morgan fingerprint density at radius 2 is 1.02 bits per heavy atom. The Balaban J connectivity index is 1.35. The van der Waals surface area contributed by atoms with Gasteiger partial charge >= 0.3 is 0 Å². The van der Waals surface area contributed by atoms with Crippen molar-refractivity contribution in [1.29, 1.82) is 0 Å². The van der Waals surface area contributed by atoms with Crippen LogP contribution >= 0.6 is 0 Å². The van der Waals surface area contributed by atoms with Crippen LogP contribution in [0, 0.1) is 0 Å². The van der Waals surface area contributed by atoms with Crippen LogP contribution in [0.1, 0.15) is 25.0 Å². The molecular formula is C47H34BN3. The minimum absolute atomic E-state index is 0.0146. The Bertz CT molecular complexity index is 2680. The van der Waals surface area contributed by atoms with Gasteiger partial charge in [0.05, 0.1) is 5.52 Å². The number of hydrogen-bond acceptors (Lipinski definition) is 2. The second-order valence-electron chi connectivity index (χ2n) is 14.5. The van der Waals surface area contributed by atoms with Crippen molar-refractivity contribution < 1.29 is 0 Å². The van der Waals surface area contributed by atoms with Crippen molar-refractivity contribution in [3.8, 4) is 16.8 Å². The van der Waals surface area contributed by atoms with Gasteiger partial charge in [-0.15, -0.1) is 0 Å². The number of para-hydroxylation sites is 4. The third-order valence-electron chi connectivity index (χ3n) is 11.5. The van der Waals surface area contributed by atoms with E-state index >= 15 is 0 Å². The fourth-order valence-corrected chi connectivity index (χ4v) is 9.56. The van der Waals surface area contributed by atoms with E-state index in [1.165, 1.54) is 72.4 Å². The summed E-state index contributed by atoms with van der Waals surface area (Å²) in [6.45, 7) is 4.86. The molecule has 0 amide bonds. The molecule has 3 aliphatic rings. The van der Waals surface area contributed by atoms with Gasteiger partial charge in [0.2, 0.25) is 0 Å². The minimum Gasteiger partial charge on any atom is -0.311 e. The zero-order valence-electron chi connectivity index (χ0n) is 28.6. The fraction of sp³-hybridized carbons (Fsp3) is 0.0638. The van der Waals surface area contributed by atoms with Crippen LogP contribution in [-0.4, -0.2) is 11.3 Å². The molecular weight excluding hydrogens is 617 g/mol. The molecule has 4 heteroatoms. The number of hydrogen-bond donors (Lipinski definition) is 0. The molecule has 7 aromatic carbocycles. The quantitative estimate of drug-likeness (QED) is 0.176. The van der Waals surface area contributed by atoms with Crippen molar-refractivity contribution in [2.75, 3.05) is 9.80 Å².